The number of carbonyl (C=O) groups excluding carboxylic acids is 1. The summed E-state index contributed by atoms with van der Waals surface area (Å²) in [6.07, 6.45) is 1.63. The van der Waals surface area contributed by atoms with Crippen molar-refractivity contribution in [3.63, 3.8) is 0 Å². The molecule has 0 fully saturated rings. The van der Waals surface area contributed by atoms with Gasteiger partial charge in [-0.3, -0.25) is 9.36 Å². The molecule has 6 nitrogen and oxygen atoms in total. The number of aromatic nitrogens is 3. The van der Waals surface area contributed by atoms with Crippen LogP contribution in [0.5, 0.6) is 0 Å². The maximum atomic E-state index is 11.4. The molecule has 7 heteroatoms. The molecule has 2 heterocycles. The largest absolute Gasteiger partial charge is 0.468 e. The Labute approximate surface area is 137 Å². The van der Waals surface area contributed by atoms with Crippen molar-refractivity contribution in [2.45, 2.75) is 11.7 Å². The van der Waals surface area contributed by atoms with Crippen molar-refractivity contribution < 1.29 is 13.9 Å². The van der Waals surface area contributed by atoms with Gasteiger partial charge in [0.2, 0.25) is 0 Å². The molecule has 0 radical (unpaired) electrons. The van der Waals surface area contributed by atoms with Gasteiger partial charge in [0.15, 0.2) is 11.0 Å². The number of hydrogen-bond acceptors (Lipinski definition) is 6. The summed E-state index contributed by atoms with van der Waals surface area (Å²) in [4.78, 5) is 11.4. The molecule has 118 valence electrons. The van der Waals surface area contributed by atoms with Gasteiger partial charge in [-0.1, -0.05) is 42.1 Å². The minimum atomic E-state index is -0.302. The Morgan fingerprint density at radius 1 is 1.22 bits per heavy atom. The number of nitrogens with zero attached hydrogens (tertiary/aromatic N) is 3. The zero-order chi connectivity index (χ0) is 16.1. The zero-order valence-electron chi connectivity index (χ0n) is 12.5. The van der Waals surface area contributed by atoms with E-state index in [1.54, 1.807) is 6.26 Å². The van der Waals surface area contributed by atoms with Crippen LogP contribution in [-0.2, 0) is 16.1 Å². The van der Waals surface area contributed by atoms with Crippen molar-refractivity contribution >= 4 is 17.7 Å². The van der Waals surface area contributed by atoms with Gasteiger partial charge in [-0.15, -0.1) is 10.2 Å². The van der Waals surface area contributed by atoms with Gasteiger partial charge >= 0.3 is 5.97 Å². The van der Waals surface area contributed by atoms with Crippen LogP contribution < -0.4 is 0 Å². The molecule has 1 aromatic carbocycles. The topological polar surface area (TPSA) is 70.2 Å². The lowest BCUT2D eigenvalue weighted by atomic mass is 10.2. The molecule has 0 amide bonds. The summed E-state index contributed by atoms with van der Waals surface area (Å²) >= 11 is 1.29. The molecule has 0 saturated heterocycles. The lowest BCUT2D eigenvalue weighted by molar-refractivity contribution is -0.137. The van der Waals surface area contributed by atoms with E-state index in [1.807, 2.05) is 47.0 Å². The van der Waals surface area contributed by atoms with Crippen LogP contribution in [0.15, 0.2) is 58.3 Å². The SMILES string of the molecule is COC(=O)CSc1nnc(-c2ccccc2)n1Cc1ccco1. The third-order valence-electron chi connectivity index (χ3n) is 3.19. The summed E-state index contributed by atoms with van der Waals surface area (Å²) in [7, 11) is 1.37. The molecule has 0 aliphatic rings. The van der Waals surface area contributed by atoms with Gasteiger partial charge in [-0.25, -0.2) is 0 Å². The van der Waals surface area contributed by atoms with Gasteiger partial charge in [0.1, 0.15) is 5.76 Å². The monoisotopic (exact) mass is 329 g/mol. The maximum absolute atomic E-state index is 11.4. The van der Waals surface area contributed by atoms with Gasteiger partial charge in [0.25, 0.3) is 0 Å². The van der Waals surface area contributed by atoms with E-state index in [2.05, 4.69) is 14.9 Å². The molecule has 0 N–H and O–H groups in total. The minimum Gasteiger partial charge on any atom is -0.468 e. The second kappa shape index (κ2) is 7.15. The van der Waals surface area contributed by atoms with Crippen LogP contribution in [0, 0.1) is 0 Å². The van der Waals surface area contributed by atoms with E-state index >= 15 is 0 Å². The van der Waals surface area contributed by atoms with Crippen molar-refractivity contribution in [1.29, 1.82) is 0 Å². The maximum Gasteiger partial charge on any atom is 0.316 e. The third kappa shape index (κ3) is 3.62. The van der Waals surface area contributed by atoms with Crippen molar-refractivity contribution in [3.05, 3.63) is 54.5 Å². The van der Waals surface area contributed by atoms with E-state index in [0.717, 1.165) is 17.1 Å². The molecular weight excluding hydrogens is 314 g/mol. The first-order valence-corrected chi connectivity index (χ1v) is 7.97. The Morgan fingerprint density at radius 3 is 2.74 bits per heavy atom. The number of hydrogen-bond donors (Lipinski definition) is 0. The molecule has 0 saturated carbocycles. The van der Waals surface area contributed by atoms with Crippen molar-refractivity contribution in [2.75, 3.05) is 12.9 Å². The molecule has 0 bridgehead atoms. The number of carbonyl (C=O) groups is 1. The summed E-state index contributed by atoms with van der Waals surface area (Å²) in [6.45, 7) is 0.494. The van der Waals surface area contributed by atoms with Crippen LogP contribution in [0.4, 0.5) is 0 Å². The van der Waals surface area contributed by atoms with Crippen molar-refractivity contribution in [2.24, 2.45) is 0 Å². The predicted molar refractivity (Wildman–Crippen MR) is 86.0 cm³/mol. The smallest absolute Gasteiger partial charge is 0.316 e. The number of esters is 1. The van der Waals surface area contributed by atoms with Gasteiger partial charge in [-0.05, 0) is 12.1 Å². The number of rotatable bonds is 6. The first-order chi connectivity index (χ1) is 11.3. The second-order valence-corrected chi connectivity index (χ2v) is 5.65. The average Bonchev–Trinajstić information content (AvgIpc) is 3.24. The molecule has 0 aliphatic carbocycles. The van der Waals surface area contributed by atoms with Gasteiger partial charge in [0.05, 0.1) is 25.7 Å². The highest BCUT2D eigenvalue weighted by Crippen LogP contribution is 2.25. The average molecular weight is 329 g/mol. The van der Waals surface area contributed by atoms with Crippen molar-refractivity contribution in [3.8, 4) is 11.4 Å². The van der Waals surface area contributed by atoms with E-state index in [9.17, 15) is 4.79 Å². The predicted octanol–water partition coefficient (Wildman–Crippen LogP) is 2.85. The molecule has 0 spiro atoms. The second-order valence-electron chi connectivity index (χ2n) is 4.70. The zero-order valence-corrected chi connectivity index (χ0v) is 13.3. The van der Waals surface area contributed by atoms with E-state index in [4.69, 9.17) is 4.42 Å². The fourth-order valence-electron chi connectivity index (χ4n) is 2.08. The summed E-state index contributed by atoms with van der Waals surface area (Å²) < 4.78 is 12.0. The normalized spacial score (nSPS) is 10.7. The van der Waals surface area contributed by atoms with Crippen molar-refractivity contribution in [1.82, 2.24) is 14.8 Å². The highest BCUT2D eigenvalue weighted by Gasteiger charge is 2.16. The summed E-state index contributed by atoms with van der Waals surface area (Å²) in [5, 5.41) is 9.12. The lowest BCUT2D eigenvalue weighted by Crippen LogP contribution is -2.07. The molecule has 0 aliphatic heterocycles. The lowest BCUT2D eigenvalue weighted by Gasteiger charge is -2.08. The fraction of sp³-hybridized carbons (Fsp3) is 0.188. The number of benzene rings is 1. The van der Waals surface area contributed by atoms with E-state index in [0.29, 0.717) is 11.7 Å². The Bertz CT molecular complexity index is 769. The number of furan rings is 1. The summed E-state index contributed by atoms with van der Waals surface area (Å²) in [5.74, 6) is 1.40. The van der Waals surface area contributed by atoms with E-state index < -0.39 is 0 Å². The Kier molecular flexibility index (Phi) is 4.77. The third-order valence-corrected chi connectivity index (χ3v) is 4.13. The summed E-state index contributed by atoms with van der Waals surface area (Å²) in [6, 6.07) is 13.5. The minimum absolute atomic E-state index is 0.182. The standard InChI is InChI=1S/C16H15N3O3S/c1-21-14(20)11-23-16-18-17-15(12-6-3-2-4-7-12)19(16)10-13-8-5-9-22-13/h2-9H,10-11H2,1H3. The Hall–Kier alpha value is -2.54. The van der Waals surface area contributed by atoms with Crippen LogP contribution in [0.2, 0.25) is 0 Å². The van der Waals surface area contributed by atoms with Gasteiger partial charge in [0, 0.05) is 5.56 Å². The molecule has 0 unspecified atom stereocenters. The molecule has 2 aromatic heterocycles. The van der Waals surface area contributed by atoms with Crippen LogP contribution in [0.3, 0.4) is 0 Å². The van der Waals surface area contributed by atoms with Gasteiger partial charge < -0.3 is 9.15 Å². The molecule has 3 aromatic rings. The van der Waals surface area contributed by atoms with Crippen LogP contribution in [0.25, 0.3) is 11.4 Å². The van der Waals surface area contributed by atoms with E-state index in [1.165, 1.54) is 18.9 Å². The van der Waals surface area contributed by atoms with Crippen LogP contribution >= 0.6 is 11.8 Å². The molecule has 0 atom stereocenters. The Balaban J connectivity index is 1.93. The van der Waals surface area contributed by atoms with Crippen LogP contribution in [-0.4, -0.2) is 33.6 Å². The fourth-order valence-corrected chi connectivity index (χ4v) is 2.85. The van der Waals surface area contributed by atoms with Gasteiger partial charge in [-0.2, -0.15) is 0 Å². The first-order valence-electron chi connectivity index (χ1n) is 6.98. The summed E-state index contributed by atoms with van der Waals surface area (Å²) in [5.41, 5.74) is 0.955. The molecular formula is C16H15N3O3S. The highest BCUT2D eigenvalue weighted by atomic mass is 32.2. The number of ether oxygens (including phenoxy) is 1. The number of methoxy groups -OCH3 is 1. The molecule has 23 heavy (non-hydrogen) atoms. The first kappa shape index (κ1) is 15.4. The highest BCUT2D eigenvalue weighted by molar-refractivity contribution is 7.99. The Morgan fingerprint density at radius 2 is 2.04 bits per heavy atom. The van der Waals surface area contributed by atoms with E-state index in [-0.39, 0.29) is 11.7 Å². The molecule has 3 rings (SSSR count). The van der Waals surface area contributed by atoms with Crippen LogP contribution in [0.1, 0.15) is 5.76 Å². The quantitative estimate of drug-likeness (QED) is 0.511. The number of thioether (sulfide) groups is 1.